The Morgan fingerprint density at radius 2 is 1.52 bits per heavy atom. The van der Waals surface area contributed by atoms with Crippen LogP contribution in [0.4, 0.5) is 22.7 Å². The zero-order valence-electron chi connectivity index (χ0n) is 13.3. The maximum absolute atomic E-state index is 4.35. The van der Waals surface area contributed by atoms with Gasteiger partial charge in [0.2, 0.25) is 0 Å². The lowest BCUT2D eigenvalue weighted by atomic mass is 10.1. The second-order valence-corrected chi connectivity index (χ2v) is 5.86. The van der Waals surface area contributed by atoms with E-state index in [2.05, 4.69) is 83.2 Å². The van der Waals surface area contributed by atoms with E-state index in [4.69, 9.17) is 0 Å². The van der Waals surface area contributed by atoms with E-state index < -0.39 is 0 Å². The lowest BCUT2D eigenvalue weighted by Crippen LogP contribution is -2.35. The van der Waals surface area contributed by atoms with Gasteiger partial charge < -0.3 is 9.80 Å². The summed E-state index contributed by atoms with van der Waals surface area (Å²) in [6.45, 7) is 4.40. The van der Waals surface area contributed by atoms with Gasteiger partial charge in [-0.05, 0) is 43.7 Å². The first-order chi connectivity index (χ1) is 11.3. The van der Waals surface area contributed by atoms with Crippen LogP contribution in [-0.4, -0.2) is 11.1 Å². The molecule has 0 spiro atoms. The van der Waals surface area contributed by atoms with Crippen LogP contribution in [0.1, 0.15) is 12.5 Å². The first-order valence-electron chi connectivity index (χ1n) is 7.90. The summed E-state index contributed by atoms with van der Waals surface area (Å²) < 4.78 is 0. The average molecular weight is 301 g/mol. The molecular formula is C20H19N3. The molecule has 23 heavy (non-hydrogen) atoms. The Balaban J connectivity index is 1.89. The number of rotatable bonds is 2. The van der Waals surface area contributed by atoms with Gasteiger partial charge in [0.25, 0.3) is 0 Å². The third-order valence-corrected chi connectivity index (χ3v) is 4.45. The second-order valence-electron chi connectivity index (χ2n) is 5.86. The maximum atomic E-state index is 4.35. The summed E-state index contributed by atoms with van der Waals surface area (Å²) in [5.41, 5.74) is 6.05. The molecule has 0 radical (unpaired) electrons. The van der Waals surface area contributed by atoms with E-state index in [-0.39, 0.29) is 6.17 Å². The predicted octanol–water partition coefficient (Wildman–Crippen LogP) is 5.03. The molecule has 3 nitrogen and oxygen atoms in total. The van der Waals surface area contributed by atoms with Crippen LogP contribution in [0.25, 0.3) is 0 Å². The average Bonchev–Trinajstić information content (AvgIpc) is 2.88. The minimum absolute atomic E-state index is 0.192. The van der Waals surface area contributed by atoms with Crippen molar-refractivity contribution in [2.24, 2.45) is 0 Å². The van der Waals surface area contributed by atoms with Crippen molar-refractivity contribution < 1.29 is 0 Å². The van der Waals surface area contributed by atoms with Gasteiger partial charge in [-0.25, -0.2) is 0 Å². The van der Waals surface area contributed by atoms with Crippen LogP contribution in [-0.2, 0) is 0 Å². The van der Waals surface area contributed by atoms with Crippen molar-refractivity contribution in [1.82, 2.24) is 4.98 Å². The molecule has 4 rings (SSSR count). The molecular weight excluding hydrogens is 282 g/mol. The summed E-state index contributed by atoms with van der Waals surface area (Å²) in [5.74, 6) is 0. The van der Waals surface area contributed by atoms with E-state index in [1.54, 1.807) is 0 Å². The van der Waals surface area contributed by atoms with Crippen molar-refractivity contribution in [3.63, 3.8) is 0 Å². The molecule has 0 aliphatic carbocycles. The van der Waals surface area contributed by atoms with E-state index in [0.29, 0.717) is 0 Å². The Morgan fingerprint density at radius 1 is 0.783 bits per heavy atom. The molecule has 0 saturated carbocycles. The summed E-state index contributed by atoms with van der Waals surface area (Å²) >= 11 is 0. The number of anilines is 4. The number of para-hydroxylation sites is 2. The zero-order valence-corrected chi connectivity index (χ0v) is 13.3. The molecule has 2 heterocycles. The van der Waals surface area contributed by atoms with Crippen molar-refractivity contribution in [3.8, 4) is 0 Å². The minimum Gasteiger partial charge on any atom is -0.318 e. The third kappa shape index (κ3) is 2.16. The molecule has 2 aromatic carbocycles. The lowest BCUT2D eigenvalue weighted by molar-refractivity contribution is 0.759. The van der Waals surface area contributed by atoms with E-state index >= 15 is 0 Å². The number of pyridine rings is 1. The Kier molecular flexibility index (Phi) is 3.27. The van der Waals surface area contributed by atoms with Crippen LogP contribution in [0, 0.1) is 6.92 Å². The molecule has 3 aromatic rings. The normalized spacial score (nSPS) is 16.5. The van der Waals surface area contributed by atoms with Crippen LogP contribution < -0.4 is 9.80 Å². The largest absolute Gasteiger partial charge is 0.318 e. The van der Waals surface area contributed by atoms with Gasteiger partial charge in [0, 0.05) is 17.6 Å². The van der Waals surface area contributed by atoms with Crippen LogP contribution >= 0.6 is 0 Å². The highest BCUT2D eigenvalue weighted by Gasteiger charge is 2.35. The molecule has 0 unspecified atom stereocenters. The first-order valence-corrected chi connectivity index (χ1v) is 7.90. The highest BCUT2D eigenvalue weighted by molar-refractivity contribution is 5.88. The van der Waals surface area contributed by atoms with Crippen molar-refractivity contribution in [2.75, 3.05) is 9.80 Å². The molecule has 0 fully saturated rings. The van der Waals surface area contributed by atoms with Gasteiger partial charge in [0.05, 0.1) is 17.6 Å². The number of hydrogen-bond acceptors (Lipinski definition) is 3. The van der Waals surface area contributed by atoms with Gasteiger partial charge in [0.15, 0.2) is 0 Å². The monoisotopic (exact) mass is 301 g/mol. The highest BCUT2D eigenvalue weighted by Crippen LogP contribution is 2.47. The Bertz CT molecular complexity index is 829. The zero-order chi connectivity index (χ0) is 15.8. The summed E-state index contributed by atoms with van der Waals surface area (Å²) in [4.78, 5) is 9.08. The molecule has 0 bridgehead atoms. The topological polar surface area (TPSA) is 19.4 Å². The highest BCUT2D eigenvalue weighted by atomic mass is 15.4. The summed E-state index contributed by atoms with van der Waals surface area (Å²) in [6.07, 6.45) is 4.01. The fourth-order valence-corrected chi connectivity index (χ4v) is 3.39. The Hall–Kier alpha value is -2.81. The maximum Gasteiger partial charge on any atom is 0.108 e. The molecule has 1 aliphatic rings. The van der Waals surface area contributed by atoms with Crippen LogP contribution in [0.5, 0.6) is 0 Å². The fraction of sp³-hybridized carbons (Fsp3) is 0.150. The van der Waals surface area contributed by atoms with Crippen molar-refractivity contribution in [1.29, 1.82) is 0 Å². The van der Waals surface area contributed by atoms with Crippen molar-refractivity contribution in [2.45, 2.75) is 20.0 Å². The number of nitrogens with zero attached hydrogens (tertiary/aromatic N) is 3. The van der Waals surface area contributed by atoms with E-state index in [0.717, 1.165) is 5.69 Å². The fourth-order valence-electron chi connectivity index (χ4n) is 3.39. The van der Waals surface area contributed by atoms with Gasteiger partial charge in [-0.15, -0.1) is 0 Å². The van der Waals surface area contributed by atoms with E-state index in [1.165, 1.54) is 22.6 Å². The van der Waals surface area contributed by atoms with Gasteiger partial charge in [-0.2, -0.15) is 0 Å². The summed E-state index contributed by atoms with van der Waals surface area (Å²) in [7, 11) is 0. The number of benzene rings is 2. The van der Waals surface area contributed by atoms with E-state index in [1.807, 2.05) is 18.5 Å². The SMILES string of the molecule is Cc1ccccc1N1c2ccncc2N(c2ccccc2)[C@@H]1C. The number of aryl methyl sites for hydroxylation is 1. The quantitative estimate of drug-likeness (QED) is 0.662. The minimum atomic E-state index is 0.192. The van der Waals surface area contributed by atoms with Gasteiger partial charge in [0.1, 0.15) is 6.17 Å². The number of hydrogen-bond donors (Lipinski definition) is 0. The van der Waals surface area contributed by atoms with Gasteiger partial charge in [-0.3, -0.25) is 4.98 Å². The van der Waals surface area contributed by atoms with Crippen LogP contribution in [0.3, 0.4) is 0 Å². The summed E-state index contributed by atoms with van der Waals surface area (Å²) in [5, 5.41) is 0. The van der Waals surface area contributed by atoms with Crippen molar-refractivity contribution >= 4 is 22.7 Å². The van der Waals surface area contributed by atoms with Gasteiger partial charge in [-0.1, -0.05) is 36.4 Å². The second kappa shape index (κ2) is 5.43. The van der Waals surface area contributed by atoms with Crippen molar-refractivity contribution in [3.05, 3.63) is 78.6 Å². The standard InChI is InChI=1S/C20H19N3/c1-15-8-6-7-11-18(15)23-16(2)22(17-9-4-3-5-10-17)20-14-21-13-12-19(20)23/h3-14,16H,1-2H3/t16-/m0/s1. The molecule has 1 atom stereocenters. The predicted molar refractivity (Wildman–Crippen MR) is 95.6 cm³/mol. The van der Waals surface area contributed by atoms with Crippen LogP contribution in [0.2, 0.25) is 0 Å². The number of fused-ring (bicyclic) bond motifs is 1. The lowest BCUT2D eigenvalue weighted by Gasteiger charge is -2.31. The Labute approximate surface area is 136 Å². The molecule has 0 amide bonds. The molecule has 0 N–H and O–H groups in total. The van der Waals surface area contributed by atoms with Gasteiger partial charge >= 0.3 is 0 Å². The Morgan fingerprint density at radius 3 is 2.30 bits per heavy atom. The number of aromatic nitrogens is 1. The smallest absolute Gasteiger partial charge is 0.108 e. The first kappa shape index (κ1) is 13.8. The molecule has 3 heteroatoms. The third-order valence-electron chi connectivity index (χ3n) is 4.45. The molecule has 1 aromatic heterocycles. The van der Waals surface area contributed by atoms with Crippen LogP contribution in [0.15, 0.2) is 73.1 Å². The molecule has 114 valence electrons. The summed E-state index contributed by atoms with van der Waals surface area (Å²) in [6, 6.07) is 21.1. The van der Waals surface area contributed by atoms with E-state index in [9.17, 15) is 0 Å². The molecule has 1 aliphatic heterocycles. The molecule has 0 saturated heterocycles.